The fraction of sp³-hybridized carbons (Fsp3) is 0.0769. The molecule has 0 fully saturated rings. The van der Waals surface area contributed by atoms with E-state index in [2.05, 4.69) is 20.9 Å². The van der Waals surface area contributed by atoms with Gasteiger partial charge in [0.05, 0.1) is 17.7 Å². The lowest BCUT2D eigenvalue weighted by Crippen LogP contribution is -2.07. The van der Waals surface area contributed by atoms with E-state index in [4.69, 9.17) is 0 Å². The van der Waals surface area contributed by atoms with Gasteiger partial charge in [-0.1, -0.05) is 6.07 Å². The molecule has 3 rings (SSSR count). The lowest BCUT2D eigenvalue weighted by molar-refractivity contribution is 0.0987. The molecule has 3 nitrogen and oxygen atoms in total. The summed E-state index contributed by atoms with van der Waals surface area (Å²) in [6.45, 7) is 0. The number of hydrogen-bond acceptors (Lipinski definition) is 3. The number of carbonyl (C=O) groups excluding carboxylic acids is 1. The van der Waals surface area contributed by atoms with Gasteiger partial charge >= 0.3 is 0 Å². The van der Waals surface area contributed by atoms with E-state index in [9.17, 15) is 9.18 Å². The van der Waals surface area contributed by atoms with Crippen molar-refractivity contribution in [2.75, 3.05) is 0 Å². The van der Waals surface area contributed by atoms with E-state index in [1.807, 2.05) is 16.0 Å². The van der Waals surface area contributed by atoms with Gasteiger partial charge in [0, 0.05) is 22.2 Å². The summed E-state index contributed by atoms with van der Waals surface area (Å²) in [6.07, 6.45) is 3.76. The number of halogens is 2. The maximum Gasteiger partial charge on any atom is 0.193 e. The van der Waals surface area contributed by atoms with Crippen molar-refractivity contribution in [3.8, 4) is 0 Å². The zero-order valence-electron chi connectivity index (χ0n) is 9.64. The number of nitrogens with zero attached hydrogens (tertiary/aromatic N) is 2. The summed E-state index contributed by atoms with van der Waals surface area (Å²) in [5.74, 6) is -0.795. The van der Waals surface area contributed by atoms with Gasteiger partial charge in [0.1, 0.15) is 5.82 Å². The van der Waals surface area contributed by atoms with Crippen LogP contribution in [0.15, 0.2) is 40.4 Å². The van der Waals surface area contributed by atoms with Crippen LogP contribution in [-0.2, 0) is 6.42 Å². The minimum atomic E-state index is -0.514. The smallest absolute Gasteiger partial charge is 0.193 e. The molecule has 19 heavy (non-hydrogen) atoms. The first-order chi connectivity index (χ1) is 9.15. The third-order valence-corrected chi connectivity index (χ3v) is 4.16. The first kappa shape index (κ1) is 12.5. The Morgan fingerprint density at radius 3 is 3.05 bits per heavy atom. The molecular weight excluding hydrogens is 331 g/mol. The number of fused-ring (bicyclic) bond motifs is 1. The molecule has 0 aliphatic heterocycles. The standard InChI is InChI=1S/C13H8BrFN2OS/c14-9-2-1-3-10(15)12(9)11(18)6-8-7-17-4-5-19-13(17)16-8/h1-5,7H,6H2. The van der Waals surface area contributed by atoms with E-state index >= 15 is 0 Å². The van der Waals surface area contributed by atoms with Crippen LogP contribution in [0.1, 0.15) is 16.1 Å². The zero-order chi connectivity index (χ0) is 13.4. The third kappa shape index (κ3) is 2.33. The van der Waals surface area contributed by atoms with Gasteiger partial charge in [-0.25, -0.2) is 9.37 Å². The topological polar surface area (TPSA) is 34.4 Å². The average Bonchev–Trinajstić information content (AvgIpc) is 2.89. The molecule has 0 bridgehead atoms. The highest BCUT2D eigenvalue weighted by atomic mass is 79.9. The van der Waals surface area contributed by atoms with Crippen molar-refractivity contribution < 1.29 is 9.18 Å². The number of rotatable bonds is 3. The van der Waals surface area contributed by atoms with Crippen molar-refractivity contribution in [3.05, 3.63) is 57.5 Å². The van der Waals surface area contributed by atoms with Crippen LogP contribution in [0.5, 0.6) is 0 Å². The molecule has 3 aromatic rings. The van der Waals surface area contributed by atoms with Crippen LogP contribution in [0.25, 0.3) is 4.96 Å². The number of carbonyl (C=O) groups is 1. The second-order valence-electron chi connectivity index (χ2n) is 4.02. The molecule has 2 heterocycles. The van der Waals surface area contributed by atoms with Crippen molar-refractivity contribution in [1.29, 1.82) is 0 Å². The molecule has 0 unspecified atom stereocenters. The van der Waals surface area contributed by atoms with Crippen LogP contribution < -0.4 is 0 Å². The summed E-state index contributed by atoms with van der Waals surface area (Å²) in [5, 5.41) is 1.92. The van der Waals surface area contributed by atoms with Crippen molar-refractivity contribution in [1.82, 2.24) is 9.38 Å². The summed E-state index contributed by atoms with van der Waals surface area (Å²) in [7, 11) is 0. The maximum atomic E-state index is 13.7. The highest BCUT2D eigenvalue weighted by Crippen LogP contribution is 2.22. The number of aromatic nitrogens is 2. The Morgan fingerprint density at radius 2 is 2.32 bits per heavy atom. The molecule has 0 radical (unpaired) electrons. The minimum absolute atomic E-state index is 0.0823. The predicted octanol–water partition coefficient (Wildman–Crippen LogP) is 3.72. The minimum Gasteiger partial charge on any atom is -0.297 e. The molecule has 0 saturated heterocycles. The van der Waals surface area contributed by atoms with Crippen molar-refractivity contribution in [3.63, 3.8) is 0 Å². The van der Waals surface area contributed by atoms with E-state index in [1.54, 1.807) is 18.3 Å². The number of Topliss-reactive ketones (excluding diaryl/α,β-unsaturated/α-hetero) is 1. The van der Waals surface area contributed by atoms with Gasteiger partial charge in [-0.2, -0.15) is 0 Å². The zero-order valence-corrected chi connectivity index (χ0v) is 12.0. The molecule has 0 aliphatic rings. The van der Waals surface area contributed by atoms with Crippen molar-refractivity contribution in [2.45, 2.75) is 6.42 Å². The molecule has 0 spiro atoms. The highest BCUT2D eigenvalue weighted by Gasteiger charge is 2.17. The van der Waals surface area contributed by atoms with Gasteiger partial charge in [0.25, 0.3) is 0 Å². The Morgan fingerprint density at radius 1 is 1.47 bits per heavy atom. The predicted molar refractivity (Wildman–Crippen MR) is 75.2 cm³/mol. The van der Waals surface area contributed by atoms with Crippen LogP contribution in [0.4, 0.5) is 4.39 Å². The SMILES string of the molecule is O=C(Cc1cn2ccsc2n1)c1c(F)cccc1Br. The molecule has 2 aromatic heterocycles. The summed E-state index contributed by atoms with van der Waals surface area (Å²) in [5.41, 5.74) is 0.728. The molecule has 0 aliphatic carbocycles. The van der Waals surface area contributed by atoms with E-state index in [0.29, 0.717) is 10.2 Å². The van der Waals surface area contributed by atoms with Crippen LogP contribution >= 0.6 is 27.3 Å². The van der Waals surface area contributed by atoms with Crippen LogP contribution in [0.2, 0.25) is 0 Å². The van der Waals surface area contributed by atoms with Gasteiger partial charge in [-0.3, -0.25) is 9.20 Å². The normalized spacial score (nSPS) is 11.1. The van der Waals surface area contributed by atoms with Crippen molar-refractivity contribution >= 4 is 38.0 Å². The summed E-state index contributed by atoms with van der Waals surface area (Å²) in [6, 6.07) is 4.49. The summed E-state index contributed by atoms with van der Waals surface area (Å²) >= 11 is 4.70. The van der Waals surface area contributed by atoms with Crippen LogP contribution in [0.3, 0.4) is 0 Å². The van der Waals surface area contributed by atoms with Gasteiger partial charge in [-0.15, -0.1) is 11.3 Å². The highest BCUT2D eigenvalue weighted by molar-refractivity contribution is 9.10. The monoisotopic (exact) mass is 338 g/mol. The van der Waals surface area contributed by atoms with Crippen molar-refractivity contribution in [2.24, 2.45) is 0 Å². The molecule has 96 valence electrons. The number of hydrogen-bond donors (Lipinski definition) is 0. The first-order valence-electron chi connectivity index (χ1n) is 5.53. The van der Waals surface area contributed by atoms with E-state index < -0.39 is 5.82 Å². The Kier molecular flexibility index (Phi) is 3.20. The Hall–Kier alpha value is -1.53. The average molecular weight is 339 g/mol. The van der Waals surface area contributed by atoms with Crippen LogP contribution in [-0.4, -0.2) is 15.2 Å². The molecule has 0 saturated carbocycles. The molecular formula is C13H8BrFN2OS. The number of benzene rings is 1. The van der Waals surface area contributed by atoms with Gasteiger partial charge in [0.2, 0.25) is 0 Å². The van der Waals surface area contributed by atoms with Gasteiger partial charge < -0.3 is 0 Å². The lowest BCUT2D eigenvalue weighted by Gasteiger charge is -2.03. The lowest BCUT2D eigenvalue weighted by atomic mass is 10.1. The Balaban J connectivity index is 1.91. The van der Waals surface area contributed by atoms with E-state index in [1.165, 1.54) is 17.4 Å². The molecule has 0 atom stereocenters. The largest absolute Gasteiger partial charge is 0.297 e. The van der Waals surface area contributed by atoms with E-state index in [-0.39, 0.29) is 17.8 Å². The Bertz CT molecular complexity index is 716. The second-order valence-corrected chi connectivity index (χ2v) is 5.75. The van der Waals surface area contributed by atoms with Crippen LogP contribution in [0, 0.1) is 5.82 Å². The quantitative estimate of drug-likeness (QED) is 0.682. The third-order valence-electron chi connectivity index (χ3n) is 2.73. The maximum absolute atomic E-state index is 13.7. The van der Waals surface area contributed by atoms with Gasteiger partial charge in [-0.05, 0) is 28.1 Å². The number of ketones is 1. The number of imidazole rings is 1. The fourth-order valence-corrected chi connectivity index (χ4v) is 3.16. The first-order valence-corrected chi connectivity index (χ1v) is 7.20. The molecule has 1 aromatic carbocycles. The Labute approximate surface area is 120 Å². The summed E-state index contributed by atoms with van der Waals surface area (Å²) < 4.78 is 16.0. The molecule has 0 amide bonds. The van der Waals surface area contributed by atoms with Gasteiger partial charge in [0.15, 0.2) is 10.7 Å². The fourth-order valence-electron chi connectivity index (χ4n) is 1.88. The molecule has 0 N–H and O–H groups in total. The second kappa shape index (κ2) is 4.86. The number of thiazole rings is 1. The van der Waals surface area contributed by atoms with E-state index in [0.717, 1.165) is 4.96 Å². The summed E-state index contributed by atoms with van der Waals surface area (Å²) in [4.78, 5) is 17.3. The molecule has 6 heteroatoms.